The third kappa shape index (κ3) is 1.91. The normalized spacial score (nSPS) is 54.8. The van der Waals surface area contributed by atoms with Crippen LogP contribution in [0, 0.1) is 0 Å². The minimum atomic E-state index is 0.465. The van der Waals surface area contributed by atoms with Crippen molar-refractivity contribution in [1.82, 2.24) is 0 Å². The van der Waals surface area contributed by atoms with Crippen LogP contribution in [-0.2, 0) is 0 Å². The molecule has 0 amide bonds. The largest absolute Gasteiger partial charge is 0.100 e. The summed E-state index contributed by atoms with van der Waals surface area (Å²) in [5.74, 6) is 0. The zero-order valence-corrected chi connectivity index (χ0v) is 11.9. The fourth-order valence-electron chi connectivity index (χ4n) is 4.11. The van der Waals surface area contributed by atoms with Gasteiger partial charge in [0, 0.05) is 0 Å². The molecule has 0 radical (unpaired) electrons. The van der Waals surface area contributed by atoms with Gasteiger partial charge in [-0.3, -0.25) is 0 Å². The molecule has 2 heteroatoms. The van der Waals surface area contributed by atoms with Gasteiger partial charge in [0.25, 0.3) is 0 Å². The van der Waals surface area contributed by atoms with Crippen molar-refractivity contribution in [3.63, 3.8) is 0 Å². The fourth-order valence-corrected chi connectivity index (χ4v) is 12.1. The summed E-state index contributed by atoms with van der Waals surface area (Å²) in [5.41, 5.74) is 4.65. The molecule has 3 aliphatic rings. The van der Waals surface area contributed by atoms with Crippen LogP contribution in [0.15, 0.2) is 0 Å². The Kier molecular flexibility index (Phi) is 3.12. The van der Waals surface area contributed by atoms with Gasteiger partial charge in [-0.15, -0.1) is 15.8 Å². The summed E-state index contributed by atoms with van der Waals surface area (Å²) in [7, 11) is 0.929. The van der Waals surface area contributed by atoms with Crippen molar-refractivity contribution in [2.24, 2.45) is 0 Å². The van der Waals surface area contributed by atoms with E-state index < -0.39 is 0 Å². The zero-order chi connectivity index (χ0) is 10.4. The summed E-state index contributed by atoms with van der Waals surface area (Å²) in [5, 5.41) is 0. The van der Waals surface area contributed by atoms with Crippen molar-refractivity contribution in [3.05, 3.63) is 0 Å². The molecule has 15 heavy (non-hydrogen) atoms. The van der Waals surface area contributed by atoms with Crippen LogP contribution in [0.5, 0.6) is 0 Å². The van der Waals surface area contributed by atoms with Gasteiger partial charge >= 0.3 is 0 Å². The molecule has 0 aromatic carbocycles. The van der Waals surface area contributed by atoms with E-state index in [1.165, 1.54) is 11.3 Å². The molecule has 3 saturated heterocycles. The van der Waals surface area contributed by atoms with Crippen molar-refractivity contribution in [3.8, 4) is 0 Å². The molecule has 0 nitrogen and oxygen atoms in total. The van der Waals surface area contributed by atoms with Gasteiger partial charge in [0.05, 0.1) is 0 Å². The smallest absolute Gasteiger partial charge is 0.0200 e. The topological polar surface area (TPSA) is 0 Å². The molecule has 0 bridgehead atoms. The highest BCUT2D eigenvalue weighted by molar-refractivity contribution is 7.64. The maximum atomic E-state index is 2.55. The molecule has 0 aliphatic carbocycles. The Morgan fingerprint density at radius 1 is 0.733 bits per heavy atom. The summed E-state index contributed by atoms with van der Waals surface area (Å²) in [6.07, 6.45) is 11.3. The lowest BCUT2D eigenvalue weighted by Gasteiger charge is -2.22. The zero-order valence-electron chi connectivity index (χ0n) is 10.2. The standard InChI is InChI=1S/C13H24P2/c1-10-3-5-12-9-13-6-4-11(2)15(13)8-7-14(10)12/h10-13H,3-9H2,1-2H3/t10-,11-,12+,13+,14?,15?/m0/s1. The molecule has 2 unspecified atom stereocenters. The van der Waals surface area contributed by atoms with Crippen molar-refractivity contribution >= 4 is 15.8 Å². The van der Waals surface area contributed by atoms with Crippen molar-refractivity contribution in [1.29, 1.82) is 0 Å². The molecular formula is C13H24P2. The van der Waals surface area contributed by atoms with Gasteiger partial charge in [-0.25, -0.2) is 0 Å². The van der Waals surface area contributed by atoms with Crippen LogP contribution in [0.25, 0.3) is 0 Å². The van der Waals surface area contributed by atoms with Gasteiger partial charge < -0.3 is 0 Å². The maximum Gasteiger partial charge on any atom is -0.0200 e. The minimum Gasteiger partial charge on any atom is -0.100 e. The van der Waals surface area contributed by atoms with E-state index >= 15 is 0 Å². The van der Waals surface area contributed by atoms with Crippen LogP contribution in [0.2, 0.25) is 0 Å². The summed E-state index contributed by atoms with van der Waals surface area (Å²) in [6, 6.07) is 0. The van der Waals surface area contributed by atoms with Gasteiger partial charge in [-0.1, -0.05) is 13.8 Å². The molecule has 3 aliphatic heterocycles. The first kappa shape index (κ1) is 11.0. The number of hydrogen-bond acceptors (Lipinski definition) is 0. The third-order valence-corrected chi connectivity index (χ3v) is 12.5. The lowest BCUT2D eigenvalue weighted by atomic mass is 10.1. The van der Waals surface area contributed by atoms with Crippen LogP contribution in [0.1, 0.15) is 46.0 Å². The highest BCUT2D eigenvalue weighted by Gasteiger charge is 2.42. The van der Waals surface area contributed by atoms with Gasteiger partial charge in [0.2, 0.25) is 0 Å². The Morgan fingerprint density at radius 3 is 1.67 bits per heavy atom. The maximum absolute atomic E-state index is 2.55. The SMILES string of the molecule is C[C@H]1CC[C@@H]2C[C@H]3CC[C@H](C)P3CCP21. The Hall–Kier alpha value is 0.860. The Labute approximate surface area is 97.1 Å². The molecular weight excluding hydrogens is 218 g/mol. The molecule has 0 N–H and O–H groups in total. The third-order valence-electron chi connectivity index (χ3n) is 5.07. The molecule has 3 heterocycles. The van der Waals surface area contributed by atoms with E-state index in [1.54, 1.807) is 44.4 Å². The van der Waals surface area contributed by atoms with Crippen LogP contribution in [0.3, 0.4) is 0 Å². The van der Waals surface area contributed by atoms with Gasteiger partial charge in [0.15, 0.2) is 0 Å². The number of hydrogen-bond donors (Lipinski definition) is 0. The van der Waals surface area contributed by atoms with Gasteiger partial charge in [0.1, 0.15) is 0 Å². The average Bonchev–Trinajstić information content (AvgIpc) is 2.67. The highest BCUT2D eigenvalue weighted by Crippen LogP contribution is 2.67. The second-order valence-electron chi connectivity index (χ2n) is 5.87. The molecule has 0 aromatic heterocycles. The van der Waals surface area contributed by atoms with Crippen molar-refractivity contribution < 1.29 is 0 Å². The van der Waals surface area contributed by atoms with Crippen molar-refractivity contribution in [2.45, 2.75) is 68.6 Å². The average molecular weight is 242 g/mol. The van der Waals surface area contributed by atoms with E-state index in [0.717, 1.165) is 11.3 Å². The van der Waals surface area contributed by atoms with Gasteiger partial charge in [-0.2, -0.15) is 0 Å². The lowest BCUT2D eigenvalue weighted by molar-refractivity contribution is 0.643. The number of rotatable bonds is 0. The van der Waals surface area contributed by atoms with E-state index in [-0.39, 0.29) is 0 Å². The molecule has 86 valence electrons. The summed E-state index contributed by atoms with van der Waals surface area (Å²) in [6.45, 7) is 5.09. The first-order valence-corrected chi connectivity index (χ1v) is 10.1. The summed E-state index contributed by atoms with van der Waals surface area (Å²) < 4.78 is 0. The van der Waals surface area contributed by atoms with Crippen LogP contribution >= 0.6 is 15.8 Å². The number of fused-ring (bicyclic) bond motifs is 2. The summed E-state index contributed by atoms with van der Waals surface area (Å²) in [4.78, 5) is 0. The predicted molar refractivity (Wildman–Crippen MR) is 73.2 cm³/mol. The molecule has 0 saturated carbocycles. The van der Waals surface area contributed by atoms with E-state index in [1.807, 2.05) is 0 Å². The van der Waals surface area contributed by atoms with Crippen LogP contribution in [0.4, 0.5) is 0 Å². The molecule has 6 atom stereocenters. The molecule has 0 spiro atoms. The highest BCUT2D eigenvalue weighted by atomic mass is 31.1. The van der Waals surface area contributed by atoms with Crippen LogP contribution < -0.4 is 0 Å². The molecule has 3 fully saturated rings. The first-order valence-electron chi connectivity index (χ1n) is 6.77. The molecule has 3 rings (SSSR count). The van der Waals surface area contributed by atoms with E-state index in [2.05, 4.69) is 13.8 Å². The monoisotopic (exact) mass is 242 g/mol. The minimum absolute atomic E-state index is 0.465. The fraction of sp³-hybridized carbons (Fsp3) is 1.00. The Bertz CT molecular complexity index is 217. The van der Waals surface area contributed by atoms with Crippen LogP contribution in [-0.4, -0.2) is 35.0 Å². The van der Waals surface area contributed by atoms with Crippen molar-refractivity contribution in [2.75, 3.05) is 12.3 Å². The first-order chi connectivity index (χ1) is 7.25. The second kappa shape index (κ2) is 4.27. The predicted octanol–water partition coefficient (Wildman–Crippen LogP) is 4.46. The van der Waals surface area contributed by atoms with E-state index in [4.69, 9.17) is 0 Å². The molecule has 0 aromatic rings. The van der Waals surface area contributed by atoms with E-state index in [0.29, 0.717) is 15.8 Å². The van der Waals surface area contributed by atoms with Gasteiger partial charge in [-0.05, 0) is 67.1 Å². The Morgan fingerprint density at radius 2 is 1.20 bits per heavy atom. The van der Waals surface area contributed by atoms with E-state index in [9.17, 15) is 0 Å². The summed E-state index contributed by atoms with van der Waals surface area (Å²) >= 11 is 0. The Balaban J connectivity index is 1.75. The quantitative estimate of drug-likeness (QED) is 0.550. The second-order valence-corrected chi connectivity index (χ2v) is 12.0. The lowest BCUT2D eigenvalue weighted by Crippen LogP contribution is -2.08.